The number of likely N-dealkylation sites (tertiary alicyclic amines) is 1. The van der Waals surface area contributed by atoms with Crippen molar-refractivity contribution in [2.75, 3.05) is 26.7 Å². The van der Waals surface area contributed by atoms with Crippen LogP contribution < -0.4 is 10.1 Å². The highest BCUT2D eigenvalue weighted by atomic mass is 16.5. The van der Waals surface area contributed by atoms with Gasteiger partial charge in [-0.2, -0.15) is 0 Å². The zero-order chi connectivity index (χ0) is 21.8. The lowest BCUT2D eigenvalue weighted by Gasteiger charge is -2.31. The van der Waals surface area contributed by atoms with Gasteiger partial charge in [-0.05, 0) is 62.1 Å². The van der Waals surface area contributed by atoms with Crippen LogP contribution in [0.15, 0.2) is 48.5 Å². The topological polar surface area (TPSA) is 74.4 Å². The van der Waals surface area contributed by atoms with Crippen molar-refractivity contribution in [3.63, 3.8) is 0 Å². The molecule has 2 heterocycles. The molecule has 6 heteroatoms. The number of ketones is 1. The van der Waals surface area contributed by atoms with Gasteiger partial charge >= 0.3 is 6.03 Å². The fourth-order valence-corrected chi connectivity index (χ4v) is 4.40. The number of hydrogen-bond acceptors (Lipinski definition) is 3. The van der Waals surface area contributed by atoms with Gasteiger partial charge in [0.2, 0.25) is 0 Å². The summed E-state index contributed by atoms with van der Waals surface area (Å²) < 4.78 is 5.15. The summed E-state index contributed by atoms with van der Waals surface area (Å²) in [5.41, 5.74) is 4.23. The third-order valence-electron chi connectivity index (χ3n) is 6.21. The summed E-state index contributed by atoms with van der Waals surface area (Å²) in [7, 11) is 1.61. The predicted molar refractivity (Wildman–Crippen MR) is 122 cm³/mol. The fourth-order valence-electron chi connectivity index (χ4n) is 4.40. The maximum atomic E-state index is 12.8. The van der Waals surface area contributed by atoms with Crippen LogP contribution in [0.5, 0.6) is 5.75 Å². The number of nitrogens with zero attached hydrogens (tertiary/aromatic N) is 1. The molecule has 162 valence electrons. The van der Waals surface area contributed by atoms with E-state index in [0.29, 0.717) is 38.0 Å². The molecule has 4 rings (SSSR count). The molecular formula is C25H29N3O3. The molecule has 0 radical (unpaired) electrons. The SMILES string of the molecule is COc1ccc(C(=O)C2CCN(C(=O)NCCc3c(C)[nH]c4ccccc34)CC2)cc1. The number of ether oxygens (including phenoxy) is 1. The largest absolute Gasteiger partial charge is 0.497 e. The van der Waals surface area contributed by atoms with Crippen LogP contribution in [0.2, 0.25) is 0 Å². The van der Waals surface area contributed by atoms with E-state index in [-0.39, 0.29) is 17.7 Å². The minimum absolute atomic E-state index is 0.0358. The van der Waals surface area contributed by atoms with Crippen molar-refractivity contribution in [3.05, 3.63) is 65.4 Å². The molecule has 1 aliphatic heterocycles. The van der Waals surface area contributed by atoms with Crippen LogP contribution >= 0.6 is 0 Å². The molecule has 0 spiro atoms. The van der Waals surface area contributed by atoms with E-state index in [1.807, 2.05) is 41.3 Å². The zero-order valence-electron chi connectivity index (χ0n) is 18.1. The molecule has 0 unspecified atom stereocenters. The van der Waals surface area contributed by atoms with Crippen molar-refractivity contribution in [2.24, 2.45) is 5.92 Å². The first-order valence-corrected chi connectivity index (χ1v) is 10.8. The minimum Gasteiger partial charge on any atom is -0.497 e. The number of benzene rings is 2. The van der Waals surface area contributed by atoms with Crippen molar-refractivity contribution in [2.45, 2.75) is 26.2 Å². The fraction of sp³-hybridized carbons (Fsp3) is 0.360. The van der Waals surface area contributed by atoms with Crippen molar-refractivity contribution in [3.8, 4) is 5.75 Å². The standard InChI is InChI=1S/C25H29N3O3/c1-17-21(22-5-3-4-6-23(22)27-17)11-14-26-25(30)28-15-12-19(13-16-28)24(29)18-7-9-20(31-2)10-8-18/h3-10,19,27H,11-16H2,1-2H3,(H,26,30). The van der Waals surface area contributed by atoms with Crippen LogP contribution in [-0.4, -0.2) is 48.4 Å². The van der Waals surface area contributed by atoms with Gasteiger partial charge in [0.05, 0.1) is 7.11 Å². The third-order valence-corrected chi connectivity index (χ3v) is 6.21. The molecule has 1 saturated heterocycles. The molecule has 0 aliphatic carbocycles. The number of hydrogen-bond donors (Lipinski definition) is 2. The summed E-state index contributed by atoms with van der Waals surface area (Å²) in [5, 5.41) is 4.26. The number of aryl methyl sites for hydroxylation is 1. The lowest BCUT2D eigenvalue weighted by atomic mass is 9.89. The maximum absolute atomic E-state index is 12.8. The number of amides is 2. The lowest BCUT2D eigenvalue weighted by Crippen LogP contribution is -2.46. The van der Waals surface area contributed by atoms with Crippen molar-refractivity contribution in [1.82, 2.24) is 15.2 Å². The van der Waals surface area contributed by atoms with Crippen LogP contribution in [0.25, 0.3) is 10.9 Å². The van der Waals surface area contributed by atoms with Crippen LogP contribution in [0.4, 0.5) is 4.79 Å². The van der Waals surface area contributed by atoms with E-state index in [4.69, 9.17) is 4.74 Å². The summed E-state index contributed by atoms with van der Waals surface area (Å²) >= 11 is 0. The summed E-state index contributed by atoms with van der Waals surface area (Å²) in [6, 6.07) is 15.4. The van der Waals surface area contributed by atoms with E-state index in [0.717, 1.165) is 23.4 Å². The smallest absolute Gasteiger partial charge is 0.317 e. The second-order valence-electron chi connectivity index (χ2n) is 8.11. The summed E-state index contributed by atoms with van der Waals surface area (Å²) in [6.45, 7) is 3.86. The number of urea groups is 1. The molecule has 0 atom stereocenters. The Bertz CT molecular complexity index is 1060. The molecule has 2 aromatic carbocycles. The van der Waals surface area contributed by atoms with Gasteiger partial charge in [-0.25, -0.2) is 4.79 Å². The first-order chi connectivity index (χ1) is 15.1. The van der Waals surface area contributed by atoms with Crippen molar-refractivity contribution < 1.29 is 14.3 Å². The number of aromatic amines is 1. The van der Waals surface area contributed by atoms with Crippen LogP contribution in [0.1, 0.15) is 34.5 Å². The van der Waals surface area contributed by atoms with E-state index in [1.165, 1.54) is 10.9 Å². The third kappa shape index (κ3) is 4.58. The minimum atomic E-state index is -0.0483. The van der Waals surface area contributed by atoms with Gasteiger partial charge in [0.15, 0.2) is 5.78 Å². The van der Waals surface area contributed by atoms with Gasteiger partial charge in [-0.1, -0.05) is 18.2 Å². The molecule has 2 amide bonds. The van der Waals surface area contributed by atoms with Crippen LogP contribution in [0, 0.1) is 12.8 Å². The molecule has 1 aliphatic rings. The highest BCUT2D eigenvalue weighted by molar-refractivity contribution is 5.98. The quantitative estimate of drug-likeness (QED) is 0.584. The van der Waals surface area contributed by atoms with Gasteiger partial charge in [0, 0.05) is 47.7 Å². The number of carbonyl (C=O) groups is 2. The highest BCUT2D eigenvalue weighted by Crippen LogP contribution is 2.24. The van der Waals surface area contributed by atoms with E-state index < -0.39 is 0 Å². The number of para-hydroxylation sites is 1. The molecule has 1 aromatic heterocycles. The van der Waals surface area contributed by atoms with Crippen LogP contribution in [-0.2, 0) is 6.42 Å². The van der Waals surface area contributed by atoms with Gasteiger partial charge in [-0.3, -0.25) is 4.79 Å². The normalized spacial score (nSPS) is 14.6. The number of piperidine rings is 1. The average molecular weight is 420 g/mol. The Labute approximate surface area is 182 Å². The Hall–Kier alpha value is -3.28. The van der Waals surface area contributed by atoms with E-state index in [9.17, 15) is 9.59 Å². The van der Waals surface area contributed by atoms with Gasteiger partial charge in [-0.15, -0.1) is 0 Å². The van der Waals surface area contributed by atoms with Crippen molar-refractivity contribution in [1.29, 1.82) is 0 Å². The summed E-state index contributed by atoms with van der Waals surface area (Å²) in [4.78, 5) is 30.6. The Morgan fingerprint density at radius 3 is 2.52 bits per heavy atom. The first kappa shape index (κ1) is 21.0. The van der Waals surface area contributed by atoms with Gasteiger partial charge in [0.1, 0.15) is 5.75 Å². The number of fused-ring (bicyclic) bond motifs is 1. The first-order valence-electron chi connectivity index (χ1n) is 10.8. The molecule has 2 N–H and O–H groups in total. The maximum Gasteiger partial charge on any atom is 0.317 e. The summed E-state index contributed by atoms with van der Waals surface area (Å²) in [6.07, 6.45) is 2.17. The molecule has 0 bridgehead atoms. The van der Waals surface area contributed by atoms with E-state index in [2.05, 4.69) is 29.4 Å². The van der Waals surface area contributed by atoms with Crippen LogP contribution in [0.3, 0.4) is 0 Å². The summed E-state index contributed by atoms with van der Waals surface area (Å²) in [5.74, 6) is 0.856. The Balaban J connectivity index is 1.26. The van der Waals surface area contributed by atoms with Gasteiger partial charge in [0.25, 0.3) is 0 Å². The van der Waals surface area contributed by atoms with E-state index in [1.54, 1.807) is 7.11 Å². The van der Waals surface area contributed by atoms with Gasteiger partial charge < -0.3 is 19.9 Å². The zero-order valence-corrected chi connectivity index (χ0v) is 18.1. The number of aromatic nitrogens is 1. The molecular weight excluding hydrogens is 390 g/mol. The number of methoxy groups -OCH3 is 1. The second kappa shape index (κ2) is 9.25. The average Bonchev–Trinajstić information content (AvgIpc) is 3.13. The number of H-pyrrole nitrogens is 1. The second-order valence-corrected chi connectivity index (χ2v) is 8.11. The monoisotopic (exact) mass is 419 g/mol. The molecule has 3 aromatic rings. The van der Waals surface area contributed by atoms with Crippen molar-refractivity contribution >= 4 is 22.7 Å². The van der Waals surface area contributed by atoms with E-state index >= 15 is 0 Å². The predicted octanol–water partition coefficient (Wildman–Crippen LogP) is 4.33. The number of nitrogens with one attached hydrogen (secondary N) is 2. The number of carbonyl (C=O) groups excluding carboxylic acids is 2. The molecule has 31 heavy (non-hydrogen) atoms. The number of Topliss-reactive ketones (excluding diaryl/α,β-unsaturated/α-hetero) is 1. The highest BCUT2D eigenvalue weighted by Gasteiger charge is 2.28. The molecule has 6 nitrogen and oxygen atoms in total. The number of rotatable bonds is 6. The Morgan fingerprint density at radius 2 is 1.81 bits per heavy atom. The Kier molecular flexibility index (Phi) is 6.26. The molecule has 0 saturated carbocycles. The Morgan fingerprint density at radius 1 is 1.10 bits per heavy atom. The lowest BCUT2D eigenvalue weighted by molar-refractivity contribution is 0.0854. The molecule has 1 fully saturated rings.